The topological polar surface area (TPSA) is 58.5 Å². The zero-order valence-corrected chi connectivity index (χ0v) is 12.7. The van der Waals surface area contributed by atoms with Crippen molar-refractivity contribution in [2.24, 2.45) is 5.92 Å². The van der Waals surface area contributed by atoms with Gasteiger partial charge >= 0.3 is 0 Å². The Bertz CT molecular complexity index is 606. The van der Waals surface area contributed by atoms with Crippen molar-refractivity contribution < 1.29 is 9.84 Å². The molecule has 0 radical (unpaired) electrons. The summed E-state index contributed by atoms with van der Waals surface area (Å²) in [5.74, 6) is 1.24. The number of aromatic nitrogens is 2. The van der Waals surface area contributed by atoms with E-state index < -0.39 is 0 Å². The molecule has 1 saturated heterocycles. The molecule has 3 rings (SSSR count). The minimum absolute atomic E-state index is 0.203. The van der Waals surface area contributed by atoms with Gasteiger partial charge in [0.2, 0.25) is 5.88 Å². The fourth-order valence-electron chi connectivity index (χ4n) is 3.15. The number of likely N-dealkylation sites (tertiary alicyclic amines) is 1. The maximum atomic E-state index is 9.69. The highest BCUT2D eigenvalue weighted by molar-refractivity contribution is 5.20. The maximum absolute atomic E-state index is 9.69. The maximum Gasteiger partial charge on any atom is 0.213 e. The lowest BCUT2D eigenvalue weighted by atomic mass is 9.90. The van der Waals surface area contributed by atoms with Crippen LogP contribution in [0, 0.1) is 5.92 Å². The van der Waals surface area contributed by atoms with Crippen molar-refractivity contribution in [1.82, 2.24) is 14.9 Å². The molecule has 0 aromatic carbocycles. The highest BCUT2D eigenvalue weighted by atomic mass is 16.5. The predicted molar refractivity (Wildman–Crippen MR) is 83.6 cm³/mol. The molecule has 1 fully saturated rings. The van der Waals surface area contributed by atoms with Crippen molar-refractivity contribution in [3.05, 3.63) is 54.0 Å². The van der Waals surface area contributed by atoms with E-state index in [1.165, 1.54) is 5.56 Å². The molecule has 2 aromatic rings. The molecule has 5 heteroatoms. The normalized spacial score (nSPS) is 21.9. The third kappa shape index (κ3) is 3.26. The summed E-state index contributed by atoms with van der Waals surface area (Å²) < 4.78 is 5.18. The highest BCUT2D eigenvalue weighted by Gasteiger charge is 2.33. The van der Waals surface area contributed by atoms with Gasteiger partial charge in [-0.3, -0.25) is 9.88 Å². The SMILES string of the molecule is COc1cccc(CN2C[C@@H](CO)[C@H](c3ccncc3)C2)n1. The monoisotopic (exact) mass is 299 g/mol. The lowest BCUT2D eigenvalue weighted by Crippen LogP contribution is -2.21. The molecule has 3 heterocycles. The van der Waals surface area contributed by atoms with Crippen LogP contribution in [0.1, 0.15) is 17.2 Å². The van der Waals surface area contributed by atoms with Crippen molar-refractivity contribution in [2.45, 2.75) is 12.5 Å². The Balaban J connectivity index is 1.71. The number of ether oxygens (including phenoxy) is 1. The Labute approximate surface area is 130 Å². The molecule has 0 amide bonds. The lowest BCUT2D eigenvalue weighted by molar-refractivity contribution is 0.213. The van der Waals surface area contributed by atoms with Crippen LogP contribution in [0.5, 0.6) is 5.88 Å². The molecule has 2 atom stereocenters. The third-order valence-corrected chi connectivity index (χ3v) is 4.26. The average Bonchev–Trinajstić information content (AvgIpc) is 2.98. The third-order valence-electron chi connectivity index (χ3n) is 4.26. The van der Waals surface area contributed by atoms with Crippen LogP contribution in [0.4, 0.5) is 0 Å². The minimum Gasteiger partial charge on any atom is -0.481 e. The van der Waals surface area contributed by atoms with Crippen molar-refractivity contribution in [3.63, 3.8) is 0 Å². The van der Waals surface area contributed by atoms with Crippen molar-refractivity contribution in [3.8, 4) is 5.88 Å². The summed E-state index contributed by atoms with van der Waals surface area (Å²) in [6, 6.07) is 9.91. The van der Waals surface area contributed by atoms with Crippen LogP contribution >= 0.6 is 0 Å². The molecule has 0 aliphatic carbocycles. The summed E-state index contributed by atoms with van der Waals surface area (Å²) in [6.45, 7) is 2.78. The molecule has 5 nitrogen and oxygen atoms in total. The fourth-order valence-corrected chi connectivity index (χ4v) is 3.15. The fraction of sp³-hybridized carbons (Fsp3) is 0.412. The quantitative estimate of drug-likeness (QED) is 0.910. The Hall–Kier alpha value is -1.98. The van der Waals surface area contributed by atoms with Gasteiger partial charge in [0.1, 0.15) is 0 Å². The summed E-state index contributed by atoms with van der Waals surface area (Å²) in [7, 11) is 1.63. The van der Waals surface area contributed by atoms with Crippen LogP contribution in [0.15, 0.2) is 42.7 Å². The van der Waals surface area contributed by atoms with Crippen LogP contribution in [-0.2, 0) is 6.54 Å². The molecule has 22 heavy (non-hydrogen) atoms. The summed E-state index contributed by atoms with van der Waals surface area (Å²) in [5.41, 5.74) is 2.24. The van der Waals surface area contributed by atoms with E-state index in [9.17, 15) is 5.11 Å². The second kappa shape index (κ2) is 6.85. The molecule has 1 aliphatic rings. The number of hydrogen-bond donors (Lipinski definition) is 1. The first kappa shape index (κ1) is 14.9. The second-order valence-corrected chi connectivity index (χ2v) is 5.70. The Morgan fingerprint density at radius 2 is 2.05 bits per heavy atom. The highest BCUT2D eigenvalue weighted by Crippen LogP contribution is 2.32. The van der Waals surface area contributed by atoms with E-state index in [-0.39, 0.29) is 12.5 Å². The number of nitrogens with zero attached hydrogens (tertiary/aromatic N) is 3. The van der Waals surface area contributed by atoms with E-state index in [0.717, 1.165) is 25.3 Å². The number of pyridine rings is 2. The first-order valence-corrected chi connectivity index (χ1v) is 7.53. The number of aliphatic hydroxyl groups is 1. The Morgan fingerprint density at radius 1 is 1.23 bits per heavy atom. The van der Waals surface area contributed by atoms with E-state index in [4.69, 9.17) is 4.74 Å². The number of aliphatic hydroxyl groups excluding tert-OH is 1. The average molecular weight is 299 g/mol. The van der Waals surface area contributed by atoms with Gasteiger partial charge in [-0.1, -0.05) is 6.07 Å². The molecule has 1 N–H and O–H groups in total. The van der Waals surface area contributed by atoms with Gasteiger partial charge in [-0.25, -0.2) is 4.98 Å². The van der Waals surface area contributed by atoms with E-state index in [1.54, 1.807) is 7.11 Å². The second-order valence-electron chi connectivity index (χ2n) is 5.70. The van der Waals surface area contributed by atoms with E-state index in [0.29, 0.717) is 11.8 Å². The van der Waals surface area contributed by atoms with Gasteiger partial charge in [0.15, 0.2) is 0 Å². The molecular formula is C17H21N3O2. The Morgan fingerprint density at radius 3 is 2.77 bits per heavy atom. The summed E-state index contributed by atoms with van der Waals surface area (Å²) in [4.78, 5) is 10.9. The zero-order valence-electron chi connectivity index (χ0n) is 12.7. The van der Waals surface area contributed by atoms with Gasteiger partial charge in [-0.05, 0) is 23.8 Å². The molecule has 0 bridgehead atoms. The predicted octanol–water partition coefficient (Wildman–Crippen LogP) is 1.69. The smallest absolute Gasteiger partial charge is 0.213 e. The molecule has 0 saturated carbocycles. The minimum atomic E-state index is 0.203. The number of methoxy groups -OCH3 is 1. The molecular weight excluding hydrogens is 278 g/mol. The van der Waals surface area contributed by atoms with Gasteiger partial charge in [0.05, 0.1) is 12.8 Å². The van der Waals surface area contributed by atoms with Crippen molar-refractivity contribution >= 4 is 0 Å². The van der Waals surface area contributed by atoms with Crippen LogP contribution in [0.2, 0.25) is 0 Å². The van der Waals surface area contributed by atoms with E-state index >= 15 is 0 Å². The zero-order chi connectivity index (χ0) is 15.4. The largest absolute Gasteiger partial charge is 0.481 e. The van der Waals surface area contributed by atoms with Crippen LogP contribution in [0.3, 0.4) is 0 Å². The van der Waals surface area contributed by atoms with Gasteiger partial charge in [0.25, 0.3) is 0 Å². The standard InChI is InChI=1S/C17H21N3O2/c1-22-17-4-2-3-15(19-17)10-20-9-14(12-21)16(11-20)13-5-7-18-8-6-13/h2-8,14,16,21H,9-12H2,1H3/t14-,16-/m0/s1. The van der Waals surface area contributed by atoms with Gasteiger partial charge < -0.3 is 9.84 Å². The van der Waals surface area contributed by atoms with Crippen molar-refractivity contribution in [1.29, 1.82) is 0 Å². The summed E-state index contributed by atoms with van der Waals surface area (Å²) in [5, 5.41) is 9.69. The Kier molecular flexibility index (Phi) is 4.65. The summed E-state index contributed by atoms with van der Waals surface area (Å²) >= 11 is 0. The van der Waals surface area contributed by atoms with E-state index in [1.807, 2.05) is 42.7 Å². The molecule has 0 unspecified atom stereocenters. The van der Waals surface area contributed by atoms with Crippen molar-refractivity contribution in [2.75, 3.05) is 26.8 Å². The van der Waals surface area contributed by atoms with Gasteiger partial charge in [-0.15, -0.1) is 0 Å². The molecule has 116 valence electrons. The van der Waals surface area contributed by atoms with Gasteiger partial charge in [-0.2, -0.15) is 0 Å². The lowest BCUT2D eigenvalue weighted by Gasteiger charge is -2.16. The molecule has 2 aromatic heterocycles. The van der Waals surface area contributed by atoms with Crippen LogP contribution in [0.25, 0.3) is 0 Å². The number of rotatable bonds is 5. The summed E-state index contributed by atoms with van der Waals surface area (Å²) in [6.07, 6.45) is 3.63. The van der Waals surface area contributed by atoms with Gasteiger partial charge in [0, 0.05) is 56.5 Å². The number of hydrogen-bond acceptors (Lipinski definition) is 5. The molecule has 1 aliphatic heterocycles. The first-order valence-electron chi connectivity index (χ1n) is 7.53. The molecule has 0 spiro atoms. The first-order chi connectivity index (χ1) is 10.8. The van der Waals surface area contributed by atoms with Crippen LogP contribution < -0.4 is 4.74 Å². The van der Waals surface area contributed by atoms with Crippen LogP contribution in [-0.4, -0.2) is 46.8 Å². The van der Waals surface area contributed by atoms with E-state index in [2.05, 4.69) is 14.9 Å².